The fourth-order valence-electron chi connectivity index (χ4n) is 3.49. The predicted octanol–water partition coefficient (Wildman–Crippen LogP) is 4.79. The third kappa shape index (κ3) is 5.24. The molecule has 0 bridgehead atoms. The molecule has 0 atom stereocenters. The molecule has 174 valence electrons. The van der Waals surface area contributed by atoms with E-state index >= 15 is 0 Å². The smallest absolute Gasteiger partial charge is 0.406 e. The average Bonchev–Trinajstić information content (AvgIpc) is 3.51. The van der Waals surface area contributed by atoms with E-state index in [1.165, 1.54) is 35.4 Å². The van der Waals surface area contributed by atoms with Crippen LogP contribution in [0.25, 0.3) is 10.2 Å². The van der Waals surface area contributed by atoms with Crippen molar-refractivity contribution in [1.82, 2.24) is 14.9 Å². The quantitative estimate of drug-likeness (QED) is 0.551. The first-order valence-corrected chi connectivity index (χ1v) is 11.0. The first-order valence-electron chi connectivity index (χ1n) is 10.2. The zero-order valence-electron chi connectivity index (χ0n) is 18.1. The van der Waals surface area contributed by atoms with E-state index in [0.29, 0.717) is 10.8 Å². The second-order valence-electron chi connectivity index (χ2n) is 7.96. The summed E-state index contributed by atoms with van der Waals surface area (Å²) in [7, 11) is 1.51. The Morgan fingerprint density at radius 2 is 1.85 bits per heavy atom. The highest BCUT2D eigenvalue weighted by Gasteiger charge is 2.31. The summed E-state index contributed by atoms with van der Waals surface area (Å²) in [6.07, 6.45) is -2.63. The van der Waals surface area contributed by atoms with Gasteiger partial charge in [0.25, 0.3) is 5.91 Å². The lowest BCUT2D eigenvalue weighted by atomic mass is 10.1. The number of hydrogen-bond donors (Lipinski definition) is 1. The number of likely N-dealkylation sites (N-methyl/N-ethyl adjacent to an activating group) is 1. The van der Waals surface area contributed by atoms with Crippen LogP contribution in [-0.4, -0.2) is 46.6 Å². The van der Waals surface area contributed by atoms with Crippen LogP contribution in [0.15, 0.2) is 24.3 Å². The van der Waals surface area contributed by atoms with E-state index < -0.39 is 18.0 Å². The number of nitrogens with one attached hydrogen (secondary N) is 1. The summed E-state index contributed by atoms with van der Waals surface area (Å²) >= 11 is 1.29. The van der Waals surface area contributed by atoms with Crippen LogP contribution in [0.5, 0.6) is 5.75 Å². The van der Waals surface area contributed by atoms with Crippen LogP contribution in [0.1, 0.15) is 45.5 Å². The van der Waals surface area contributed by atoms with Crippen LogP contribution in [0.2, 0.25) is 0 Å². The van der Waals surface area contributed by atoms with Gasteiger partial charge in [-0.05, 0) is 56.5 Å². The van der Waals surface area contributed by atoms with Crippen molar-refractivity contribution in [3.8, 4) is 5.75 Å². The minimum absolute atomic E-state index is 0.231. The molecule has 1 aromatic carbocycles. The van der Waals surface area contributed by atoms with Crippen LogP contribution < -0.4 is 10.1 Å². The lowest BCUT2D eigenvalue weighted by Crippen LogP contribution is -2.34. The lowest BCUT2D eigenvalue weighted by molar-refractivity contribution is -0.274. The van der Waals surface area contributed by atoms with Crippen LogP contribution in [0, 0.1) is 13.8 Å². The summed E-state index contributed by atoms with van der Waals surface area (Å²) in [5.41, 5.74) is 1.91. The van der Waals surface area contributed by atoms with Gasteiger partial charge in [0, 0.05) is 24.0 Å². The maximum absolute atomic E-state index is 13.0. The van der Waals surface area contributed by atoms with E-state index in [0.717, 1.165) is 52.3 Å². The lowest BCUT2D eigenvalue weighted by Gasteiger charge is -2.16. The highest BCUT2D eigenvalue weighted by Crippen LogP contribution is 2.40. The van der Waals surface area contributed by atoms with E-state index in [1.807, 2.05) is 13.8 Å². The maximum Gasteiger partial charge on any atom is 0.573 e. The molecule has 1 aliphatic rings. The molecule has 33 heavy (non-hydrogen) atoms. The molecule has 2 amide bonds. The molecule has 0 spiro atoms. The number of aromatic nitrogens is 2. The van der Waals surface area contributed by atoms with Gasteiger partial charge in [-0.2, -0.15) is 0 Å². The van der Waals surface area contributed by atoms with Gasteiger partial charge < -0.3 is 15.0 Å². The van der Waals surface area contributed by atoms with Crippen molar-refractivity contribution in [2.45, 2.75) is 39.0 Å². The normalized spacial score (nSPS) is 13.8. The molecule has 1 saturated carbocycles. The van der Waals surface area contributed by atoms with Crippen LogP contribution in [-0.2, 0) is 4.79 Å². The van der Waals surface area contributed by atoms with E-state index in [4.69, 9.17) is 0 Å². The Kier molecular flexibility index (Phi) is 6.00. The van der Waals surface area contributed by atoms with Crippen LogP contribution in [0.3, 0.4) is 0 Å². The highest BCUT2D eigenvalue weighted by atomic mass is 32.1. The number of thiophene rings is 1. The molecule has 1 aliphatic carbocycles. The Hall–Kier alpha value is -3.21. The molecule has 0 radical (unpaired) electrons. The molecule has 2 heterocycles. The molecular weight excluding hydrogens is 457 g/mol. The molecule has 2 aromatic heterocycles. The summed E-state index contributed by atoms with van der Waals surface area (Å²) in [5.74, 6) is 0.0269. The van der Waals surface area contributed by atoms with E-state index in [-0.39, 0.29) is 18.1 Å². The van der Waals surface area contributed by atoms with Gasteiger partial charge >= 0.3 is 6.36 Å². The third-order valence-corrected chi connectivity index (χ3v) is 6.40. The average molecular weight is 478 g/mol. The Labute approximate surface area is 191 Å². The molecule has 11 heteroatoms. The van der Waals surface area contributed by atoms with Crippen molar-refractivity contribution in [3.63, 3.8) is 0 Å². The SMILES string of the molecule is Cc1nc(C2CC2)nc2sc(C(=O)N(C)CC(=O)Nc3ccc(OC(F)(F)F)cc3)c(C)c12. The van der Waals surface area contributed by atoms with Crippen LogP contribution >= 0.6 is 11.3 Å². The Balaban J connectivity index is 1.43. The topological polar surface area (TPSA) is 84.4 Å². The number of ether oxygens (including phenoxy) is 1. The fourth-order valence-corrected chi connectivity index (χ4v) is 4.72. The fraction of sp³-hybridized carbons (Fsp3) is 0.364. The summed E-state index contributed by atoms with van der Waals surface area (Å²) in [4.78, 5) is 37.2. The number of nitrogens with zero attached hydrogens (tertiary/aromatic N) is 3. The first-order chi connectivity index (χ1) is 15.5. The van der Waals surface area contributed by atoms with Crippen molar-refractivity contribution in [2.24, 2.45) is 0 Å². The number of rotatable bonds is 6. The third-order valence-electron chi connectivity index (χ3n) is 5.22. The number of aryl methyl sites for hydroxylation is 2. The number of hydrogen-bond acceptors (Lipinski definition) is 6. The van der Waals surface area contributed by atoms with Crippen molar-refractivity contribution in [1.29, 1.82) is 0 Å². The minimum atomic E-state index is -4.79. The maximum atomic E-state index is 13.0. The number of carbonyl (C=O) groups excluding carboxylic acids is 2. The van der Waals surface area contributed by atoms with Crippen LogP contribution in [0.4, 0.5) is 18.9 Å². The molecule has 7 nitrogen and oxygen atoms in total. The monoisotopic (exact) mass is 478 g/mol. The van der Waals surface area contributed by atoms with Crippen molar-refractivity contribution < 1.29 is 27.5 Å². The molecule has 4 rings (SSSR count). The second kappa shape index (κ2) is 8.62. The molecule has 1 N–H and O–H groups in total. The van der Waals surface area contributed by atoms with Gasteiger partial charge in [-0.15, -0.1) is 24.5 Å². The number of carbonyl (C=O) groups is 2. The van der Waals surface area contributed by atoms with Gasteiger partial charge in [-0.25, -0.2) is 9.97 Å². The highest BCUT2D eigenvalue weighted by molar-refractivity contribution is 7.20. The number of fused-ring (bicyclic) bond motifs is 1. The zero-order chi connectivity index (χ0) is 23.9. The summed E-state index contributed by atoms with van der Waals surface area (Å²) in [6, 6.07) is 4.77. The molecule has 1 fully saturated rings. The van der Waals surface area contributed by atoms with Gasteiger partial charge in [0.05, 0.1) is 17.1 Å². The predicted molar refractivity (Wildman–Crippen MR) is 118 cm³/mol. The standard InChI is InChI=1S/C22H21F3N4O3S/c1-11-17-12(2)26-19(13-4-5-13)28-20(17)33-18(11)21(31)29(3)10-16(30)27-14-6-8-15(9-7-14)32-22(23,24)25/h6-9,13H,4-5,10H2,1-3H3,(H,27,30). The van der Waals surface area contributed by atoms with Gasteiger partial charge in [0.2, 0.25) is 5.91 Å². The molecular formula is C22H21F3N4O3S. The van der Waals surface area contributed by atoms with Crippen molar-refractivity contribution in [2.75, 3.05) is 18.9 Å². The zero-order valence-corrected chi connectivity index (χ0v) is 18.9. The summed E-state index contributed by atoms with van der Waals surface area (Å²) < 4.78 is 40.6. The number of halogens is 3. The minimum Gasteiger partial charge on any atom is -0.406 e. The molecule has 0 aliphatic heterocycles. The Morgan fingerprint density at radius 3 is 2.45 bits per heavy atom. The summed E-state index contributed by atoms with van der Waals surface area (Å²) in [6.45, 7) is 3.52. The number of alkyl halides is 3. The second-order valence-corrected chi connectivity index (χ2v) is 8.96. The molecule has 0 unspecified atom stereocenters. The largest absolute Gasteiger partial charge is 0.573 e. The number of amides is 2. The Bertz CT molecular complexity index is 1220. The first kappa shape index (κ1) is 23.0. The van der Waals surface area contributed by atoms with E-state index in [2.05, 4.69) is 20.0 Å². The molecule has 3 aromatic rings. The van der Waals surface area contributed by atoms with Crippen molar-refractivity contribution >= 4 is 39.1 Å². The van der Waals surface area contributed by atoms with Gasteiger partial charge in [-0.3, -0.25) is 9.59 Å². The number of benzene rings is 1. The van der Waals surface area contributed by atoms with Gasteiger partial charge in [-0.1, -0.05) is 0 Å². The summed E-state index contributed by atoms with van der Waals surface area (Å²) in [5, 5.41) is 3.43. The van der Waals surface area contributed by atoms with E-state index in [9.17, 15) is 22.8 Å². The van der Waals surface area contributed by atoms with E-state index in [1.54, 1.807) is 0 Å². The van der Waals surface area contributed by atoms with Gasteiger partial charge in [0.15, 0.2) is 0 Å². The van der Waals surface area contributed by atoms with Gasteiger partial charge in [0.1, 0.15) is 16.4 Å². The van der Waals surface area contributed by atoms with Crippen molar-refractivity contribution in [3.05, 3.63) is 46.2 Å². The number of anilines is 1. The molecule has 0 saturated heterocycles. The Morgan fingerprint density at radius 1 is 1.18 bits per heavy atom.